The van der Waals surface area contributed by atoms with Gasteiger partial charge >= 0.3 is 5.97 Å². The van der Waals surface area contributed by atoms with Gasteiger partial charge in [0.2, 0.25) is 5.91 Å². The lowest BCUT2D eigenvalue weighted by atomic mass is 10.2. The lowest BCUT2D eigenvalue weighted by Gasteiger charge is -2.16. The summed E-state index contributed by atoms with van der Waals surface area (Å²) in [4.78, 5) is 23.7. The highest BCUT2D eigenvalue weighted by molar-refractivity contribution is 5.73. The van der Waals surface area contributed by atoms with Crippen molar-refractivity contribution >= 4 is 11.9 Å². The number of aliphatic carboxylic acids is 1. The molecule has 0 aromatic heterocycles. The van der Waals surface area contributed by atoms with Crippen LogP contribution in [0.3, 0.4) is 0 Å². The van der Waals surface area contributed by atoms with Crippen molar-refractivity contribution in [3.05, 3.63) is 29.8 Å². The molecular formula is C15H20N2O4. The van der Waals surface area contributed by atoms with Gasteiger partial charge in [-0.25, -0.2) is 4.79 Å². The molecule has 1 fully saturated rings. The molecule has 1 aliphatic heterocycles. The van der Waals surface area contributed by atoms with E-state index in [1.54, 1.807) is 19.1 Å². The molecule has 1 aliphatic rings. The molecule has 2 rings (SSSR count). The molecule has 1 aromatic carbocycles. The van der Waals surface area contributed by atoms with E-state index in [1.165, 1.54) is 0 Å². The predicted octanol–water partition coefficient (Wildman–Crippen LogP) is 0.860. The lowest BCUT2D eigenvalue weighted by Crippen LogP contribution is -2.35. The Hall–Kier alpha value is -2.08. The van der Waals surface area contributed by atoms with Crippen LogP contribution in [-0.4, -0.2) is 47.6 Å². The summed E-state index contributed by atoms with van der Waals surface area (Å²) in [5, 5.41) is 11.5. The molecule has 0 spiro atoms. The zero-order valence-corrected chi connectivity index (χ0v) is 12.0. The third kappa shape index (κ3) is 5.07. The van der Waals surface area contributed by atoms with Crippen molar-refractivity contribution in [3.63, 3.8) is 0 Å². The number of carboxylic acids is 1. The van der Waals surface area contributed by atoms with Gasteiger partial charge in [-0.3, -0.25) is 9.69 Å². The van der Waals surface area contributed by atoms with E-state index >= 15 is 0 Å². The third-order valence-corrected chi connectivity index (χ3v) is 3.37. The number of carbonyl (C=O) groups is 2. The number of rotatable bonds is 6. The number of nitrogens with one attached hydrogen (secondary N) is 1. The topological polar surface area (TPSA) is 78.9 Å². The Morgan fingerprint density at radius 1 is 1.38 bits per heavy atom. The van der Waals surface area contributed by atoms with Gasteiger partial charge in [-0.2, -0.15) is 0 Å². The second-order valence-electron chi connectivity index (χ2n) is 5.25. The van der Waals surface area contributed by atoms with E-state index in [9.17, 15) is 9.59 Å². The zero-order valence-electron chi connectivity index (χ0n) is 12.0. The number of amides is 1. The number of likely N-dealkylation sites (tertiary alicyclic amines) is 1. The molecule has 1 saturated heterocycles. The molecule has 0 saturated carbocycles. The molecular weight excluding hydrogens is 272 g/mol. The first kappa shape index (κ1) is 15.3. The number of nitrogens with zero attached hydrogens (tertiary/aromatic N) is 1. The minimum Gasteiger partial charge on any atom is -0.482 e. The molecule has 1 heterocycles. The molecule has 1 amide bonds. The van der Waals surface area contributed by atoms with Crippen molar-refractivity contribution < 1.29 is 19.4 Å². The number of carbonyl (C=O) groups excluding carboxylic acids is 1. The minimum absolute atomic E-state index is 0.0155. The average molecular weight is 292 g/mol. The SMILES string of the molecule is CC(=O)NC1CCN(Cc2ccc(OCC(=O)O)cc2)C1. The normalized spacial score (nSPS) is 18.4. The maximum absolute atomic E-state index is 11.0. The highest BCUT2D eigenvalue weighted by Gasteiger charge is 2.22. The summed E-state index contributed by atoms with van der Waals surface area (Å²) in [6.07, 6.45) is 0.972. The fraction of sp³-hybridized carbons (Fsp3) is 0.467. The average Bonchev–Trinajstić information content (AvgIpc) is 2.84. The molecule has 6 heteroatoms. The Morgan fingerprint density at radius 2 is 2.10 bits per heavy atom. The van der Waals surface area contributed by atoms with E-state index in [0.717, 1.165) is 31.6 Å². The van der Waals surface area contributed by atoms with E-state index in [1.807, 2.05) is 12.1 Å². The summed E-state index contributed by atoms with van der Waals surface area (Å²) >= 11 is 0. The van der Waals surface area contributed by atoms with E-state index in [-0.39, 0.29) is 18.6 Å². The molecule has 2 N–H and O–H groups in total. The van der Waals surface area contributed by atoms with Crippen molar-refractivity contribution in [1.82, 2.24) is 10.2 Å². The molecule has 0 aliphatic carbocycles. The molecule has 21 heavy (non-hydrogen) atoms. The fourth-order valence-corrected chi connectivity index (χ4v) is 2.48. The smallest absolute Gasteiger partial charge is 0.341 e. The molecule has 1 unspecified atom stereocenters. The summed E-state index contributed by atoms with van der Waals surface area (Å²) in [5.41, 5.74) is 1.14. The monoisotopic (exact) mass is 292 g/mol. The van der Waals surface area contributed by atoms with Gasteiger partial charge in [0.25, 0.3) is 0 Å². The maximum atomic E-state index is 11.0. The van der Waals surface area contributed by atoms with Crippen molar-refractivity contribution in [3.8, 4) is 5.75 Å². The van der Waals surface area contributed by atoms with E-state index in [2.05, 4.69) is 10.2 Å². The van der Waals surface area contributed by atoms with E-state index in [0.29, 0.717) is 5.75 Å². The van der Waals surface area contributed by atoms with Crippen LogP contribution in [0.2, 0.25) is 0 Å². The van der Waals surface area contributed by atoms with Gasteiger partial charge in [0.1, 0.15) is 5.75 Å². The van der Waals surface area contributed by atoms with Crippen molar-refractivity contribution in [1.29, 1.82) is 0 Å². The molecule has 0 bridgehead atoms. The summed E-state index contributed by atoms with van der Waals surface area (Å²) < 4.78 is 5.09. The first-order chi connectivity index (χ1) is 10.0. The first-order valence-corrected chi connectivity index (χ1v) is 6.96. The van der Waals surface area contributed by atoms with Crippen LogP contribution in [0.4, 0.5) is 0 Å². The summed E-state index contributed by atoms with van der Waals surface area (Å²) in [6, 6.07) is 7.66. The highest BCUT2D eigenvalue weighted by atomic mass is 16.5. The highest BCUT2D eigenvalue weighted by Crippen LogP contribution is 2.16. The van der Waals surface area contributed by atoms with Crippen LogP contribution in [0.1, 0.15) is 18.9 Å². The minimum atomic E-state index is -0.986. The van der Waals surface area contributed by atoms with E-state index < -0.39 is 5.97 Å². The molecule has 114 valence electrons. The van der Waals surface area contributed by atoms with Crippen LogP contribution in [0.15, 0.2) is 24.3 Å². The van der Waals surface area contributed by atoms with Gasteiger partial charge in [-0.05, 0) is 24.1 Å². The van der Waals surface area contributed by atoms with Gasteiger partial charge in [-0.1, -0.05) is 12.1 Å². The van der Waals surface area contributed by atoms with Crippen LogP contribution in [-0.2, 0) is 16.1 Å². The molecule has 1 aromatic rings. The number of benzene rings is 1. The van der Waals surface area contributed by atoms with Gasteiger partial charge in [0.05, 0.1) is 0 Å². The number of ether oxygens (including phenoxy) is 1. The van der Waals surface area contributed by atoms with Crippen LogP contribution >= 0.6 is 0 Å². The number of hydrogen-bond acceptors (Lipinski definition) is 4. The molecule has 0 radical (unpaired) electrons. The first-order valence-electron chi connectivity index (χ1n) is 6.96. The largest absolute Gasteiger partial charge is 0.482 e. The molecule has 6 nitrogen and oxygen atoms in total. The Kier molecular flexibility index (Phi) is 5.16. The fourth-order valence-electron chi connectivity index (χ4n) is 2.48. The lowest BCUT2D eigenvalue weighted by molar-refractivity contribution is -0.139. The second-order valence-corrected chi connectivity index (χ2v) is 5.25. The summed E-state index contributed by atoms with van der Waals surface area (Å²) in [7, 11) is 0. The third-order valence-electron chi connectivity index (χ3n) is 3.37. The van der Waals surface area contributed by atoms with Crippen LogP contribution in [0.25, 0.3) is 0 Å². The summed E-state index contributed by atoms with van der Waals surface area (Å²) in [5.74, 6) is -0.416. The van der Waals surface area contributed by atoms with Crippen molar-refractivity contribution in [2.24, 2.45) is 0 Å². The Balaban J connectivity index is 1.81. The number of carboxylic acid groups (broad SMARTS) is 1. The van der Waals surface area contributed by atoms with Gasteiger partial charge in [0.15, 0.2) is 6.61 Å². The van der Waals surface area contributed by atoms with Crippen LogP contribution in [0.5, 0.6) is 5.75 Å². The second kappa shape index (κ2) is 7.08. The molecule has 1 atom stereocenters. The van der Waals surface area contributed by atoms with Crippen molar-refractivity contribution in [2.45, 2.75) is 25.9 Å². The van der Waals surface area contributed by atoms with Gasteiger partial charge < -0.3 is 15.2 Å². The van der Waals surface area contributed by atoms with Crippen LogP contribution in [0, 0.1) is 0 Å². The number of hydrogen-bond donors (Lipinski definition) is 2. The predicted molar refractivity (Wildman–Crippen MR) is 77.1 cm³/mol. The standard InChI is InChI=1S/C15H20N2O4/c1-11(18)16-13-6-7-17(9-13)8-12-2-4-14(5-3-12)21-10-15(19)20/h2-5,13H,6-10H2,1H3,(H,16,18)(H,19,20). The zero-order chi connectivity index (χ0) is 15.2. The maximum Gasteiger partial charge on any atom is 0.341 e. The van der Waals surface area contributed by atoms with Crippen LogP contribution < -0.4 is 10.1 Å². The quantitative estimate of drug-likeness (QED) is 0.813. The van der Waals surface area contributed by atoms with Crippen molar-refractivity contribution in [2.75, 3.05) is 19.7 Å². The van der Waals surface area contributed by atoms with Gasteiger partial charge in [0, 0.05) is 32.6 Å². The Bertz CT molecular complexity index is 501. The van der Waals surface area contributed by atoms with Gasteiger partial charge in [-0.15, -0.1) is 0 Å². The summed E-state index contributed by atoms with van der Waals surface area (Å²) in [6.45, 7) is 3.84. The van der Waals surface area contributed by atoms with E-state index in [4.69, 9.17) is 9.84 Å². The Labute approximate surface area is 123 Å². The Morgan fingerprint density at radius 3 is 2.71 bits per heavy atom.